The summed E-state index contributed by atoms with van der Waals surface area (Å²) in [5, 5.41) is 5.85. The van der Waals surface area contributed by atoms with Crippen molar-refractivity contribution in [1.29, 1.82) is 0 Å². The van der Waals surface area contributed by atoms with Crippen LogP contribution in [0.1, 0.15) is 44.8 Å². The molecule has 1 unspecified atom stereocenters. The molecule has 2 N–H and O–H groups in total. The molecule has 0 aliphatic heterocycles. The van der Waals surface area contributed by atoms with Crippen molar-refractivity contribution in [3.8, 4) is 0 Å². The molecule has 3 aromatic rings. The van der Waals surface area contributed by atoms with E-state index in [9.17, 15) is 9.59 Å². The zero-order chi connectivity index (χ0) is 19.2. The summed E-state index contributed by atoms with van der Waals surface area (Å²) < 4.78 is 0. The van der Waals surface area contributed by atoms with Crippen LogP contribution in [0.25, 0.3) is 0 Å². The van der Waals surface area contributed by atoms with Gasteiger partial charge in [-0.2, -0.15) is 0 Å². The Hall–Kier alpha value is -3.47. The molecule has 0 radical (unpaired) electrons. The summed E-state index contributed by atoms with van der Waals surface area (Å²) in [5.74, 6) is -0.517. The predicted molar refractivity (Wildman–Crippen MR) is 106 cm³/mol. The molecular weight excluding hydrogens is 338 g/mol. The van der Waals surface area contributed by atoms with Crippen molar-refractivity contribution < 1.29 is 9.59 Å². The van der Waals surface area contributed by atoms with Crippen LogP contribution >= 0.6 is 0 Å². The number of amides is 2. The number of hydrogen-bond acceptors (Lipinski definition) is 3. The Morgan fingerprint density at radius 1 is 0.889 bits per heavy atom. The average molecular weight is 359 g/mol. The van der Waals surface area contributed by atoms with Crippen LogP contribution in [-0.2, 0) is 0 Å². The molecule has 0 aliphatic rings. The maximum Gasteiger partial charge on any atom is 0.255 e. The SMILES string of the molecule is Cc1cccc(C(=O)NC(C)c2ccccc2)c1NC(=O)c1ccncc1. The van der Waals surface area contributed by atoms with Crippen molar-refractivity contribution >= 4 is 17.5 Å². The van der Waals surface area contributed by atoms with Crippen molar-refractivity contribution in [3.63, 3.8) is 0 Å². The molecule has 0 aliphatic carbocycles. The van der Waals surface area contributed by atoms with Gasteiger partial charge in [0.05, 0.1) is 17.3 Å². The van der Waals surface area contributed by atoms with Crippen LogP contribution in [0.5, 0.6) is 0 Å². The van der Waals surface area contributed by atoms with Crippen LogP contribution < -0.4 is 10.6 Å². The van der Waals surface area contributed by atoms with Gasteiger partial charge in [-0.1, -0.05) is 42.5 Å². The third kappa shape index (κ3) is 4.39. The molecule has 0 fully saturated rings. The smallest absolute Gasteiger partial charge is 0.255 e. The van der Waals surface area contributed by atoms with Crippen molar-refractivity contribution in [2.45, 2.75) is 19.9 Å². The highest BCUT2D eigenvalue weighted by Gasteiger charge is 2.18. The summed E-state index contributed by atoms with van der Waals surface area (Å²) in [6.45, 7) is 3.79. The normalized spacial score (nSPS) is 11.5. The van der Waals surface area contributed by atoms with Gasteiger partial charge in [-0.15, -0.1) is 0 Å². The Morgan fingerprint density at radius 2 is 1.59 bits per heavy atom. The number of hydrogen-bond donors (Lipinski definition) is 2. The monoisotopic (exact) mass is 359 g/mol. The Morgan fingerprint density at radius 3 is 2.30 bits per heavy atom. The molecule has 5 nitrogen and oxygen atoms in total. The van der Waals surface area contributed by atoms with Gasteiger partial charge in [-0.3, -0.25) is 14.6 Å². The van der Waals surface area contributed by atoms with Crippen molar-refractivity contribution in [2.75, 3.05) is 5.32 Å². The van der Waals surface area contributed by atoms with Gasteiger partial charge in [-0.25, -0.2) is 0 Å². The van der Waals surface area contributed by atoms with Gasteiger partial charge in [0.25, 0.3) is 11.8 Å². The Labute approximate surface area is 158 Å². The molecule has 3 rings (SSSR count). The van der Waals surface area contributed by atoms with Crippen LogP contribution in [0.4, 0.5) is 5.69 Å². The minimum atomic E-state index is -0.281. The van der Waals surface area contributed by atoms with E-state index in [0.717, 1.165) is 11.1 Å². The maximum atomic E-state index is 12.8. The van der Waals surface area contributed by atoms with Gasteiger partial charge >= 0.3 is 0 Å². The van der Waals surface area contributed by atoms with Crippen LogP contribution in [0.15, 0.2) is 73.1 Å². The lowest BCUT2D eigenvalue weighted by Gasteiger charge is -2.17. The standard InChI is InChI=1S/C22H21N3O2/c1-15-7-6-10-19(20(15)25-21(26)18-11-13-23-14-12-18)22(27)24-16(2)17-8-4-3-5-9-17/h3-14,16H,1-2H3,(H,24,27)(H,25,26). The van der Waals surface area contributed by atoms with Gasteiger partial charge in [0.2, 0.25) is 0 Å². The number of pyridine rings is 1. The van der Waals surface area contributed by atoms with E-state index in [4.69, 9.17) is 0 Å². The summed E-state index contributed by atoms with van der Waals surface area (Å²) in [6, 6.07) is 18.2. The fraction of sp³-hybridized carbons (Fsp3) is 0.136. The minimum absolute atomic E-state index is 0.150. The molecule has 1 aromatic heterocycles. The van der Waals surface area contributed by atoms with Gasteiger partial charge in [-0.05, 0) is 43.2 Å². The van der Waals surface area contributed by atoms with E-state index in [-0.39, 0.29) is 17.9 Å². The van der Waals surface area contributed by atoms with E-state index in [1.54, 1.807) is 36.7 Å². The van der Waals surface area contributed by atoms with Crippen LogP contribution in [0, 0.1) is 6.92 Å². The molecule has 5 heteroatoms. The minimum Gasteiger partial charge on any atom is -0.345 e. The zero-order valence-electron chi connectivity index (χ0n) is 15.3. The number of para-hydroxylation sites is 1. The second-order valence-corrected chi connectivity index (χ2v) is 6.29. The summed E-state index contributed by atoms with van der Waals surface area (Å²) in [5.41, 5.74) is 3.26. The first kappa shape index (κ1) is 18.3. The largest absolute Gasteiger partial charge is 0.345 e. The number of carbonyl (C=O) groups excluding carboxylic acids is 2. The molecule has 0 spiro atoms. The first-order chi connectivity index (χ1) is 13.1. The van der Waals surface area contributed by atoms with Gasteiger partial charge in [0.1, 0.15) is 0 Å². The number of aromatic nitrogens is 1. The van der Waals surface area contributed by atoms with Crippen LogP contribution in [-0.4, -0.2) is 16.8 Å². The summed E-state index contributed by atoms with van der Waals surface area (Å²) >= 11 is 0. The third-order valence-corrected chi connectivity index (χ3v) is 4.35. The Bertz CT molecular complexity index is 940. The molecule has 136 valence electrons. The lowest BCUT2D eigenvalue weighted by atomic mass is 10.0. The van der Waals surface area contributed by atoms with Crippen LogP contribution in [0.2, 0.25) is 0 Å². The molecule has 2 aromatic carbocycles. The predicted octanol–water partition coefficient (Wildman–Crippen LogP) is 4.13. The highest BCUT2D eigenvalue weighted by Crippen LogP contribution is 2.23. The molecule has 27 heavy (non-hydrogen) atoms. The number of rotatable bonds is 5. The fourth-order valence-electron chi connectivity index (χ4n) is 2.81. The van der Waals surface area contributed by atoms with E-state index < -0.39 is 0 Å². The molecule has 1 heterocycles. The third-order valence-electron chi connectivity index (χ3n) is 4.35. The number of aryl methyl sites for hydroxylation is 1. The number of nitrogens with one attached hydrogen (secondary N) is 2. The summed E-state index contributed by atoms with van der Waals surface area (Å²) in [4.78, 5) is 29.3. The maximum absolute atomic E-state index is 12.8. The van der Waals surface area contributed by atoms with Crippen molar-refractivity contribution in [2.24, 2.45) is 0 Å². The summed E-state index contributed by atoms with van der Waals surface area (Å²) in [6.07, 6.45) is 3.11. The zero-order valence-corrected chi connectivity index (χ0v) is 15.3. The van der Waals surface area contributed by atoms with Gasteiger partial charge in [0, 0.05) is 18.0 Å². The van der Waals surface area contributed by atoms with E-state index in [2.05, 4.69) is 15.6 Å². The fourth-order valence-corrected chi connectivity index (χ4v) is 2.81. The highest BCUT2D eigenvalue weighted by atomic mass is 16.2. The number of anilines is 1. The van der Waals surface area contributed by atoms with Gasteiger partial charge in [0.15, 0.2) is 0 Å². The van der Waals surface area contributed by atoms with E-state index in [0.29, 0.717) is 16.8 Å². The highest BCUT2D eigenvalue weighted by molar-refractivity contribution is 6.09. The first-order valence-corrected chi connectivity index (χ1v) is 8.73. The van der Waals surface area contributed by atoms with Gasteiger partial charge < -0.3 is 10.6 Å². The van der Waals surface area contributed by atoms with Crippen molar-refractivity contribution in [1.82, 2.24) is 10.3 Å². The molecule has 0 saturated carbocycles. The quantitative estimate of drug-likeness (QED) is 0.719. The Balaban J connectivity index is 1.82. The molecule has 1 atom stereocenters. The molecule has 0 saturated heterocycles. The lowest BCUT2D eigenvalue weighted by Crippen LogP contribution is -2.28. The van der Waals surface area contributed by atoms with E-state index >= 15 is 0 Å². The number of benzene rings is 2. The number of carbonyl (C=O) groups is 2. The molecule has 0 bridgehead atoms. The second kappa shape index (κ2) is 8.27. The van der Waals surface area contributed by atoms with Crippen molar-refractivity contribution in [3.05, 3.63) is 95.3 Å². The second-order valence-electron chi connectivity index (χ2n) is 6.29. The first-order valence-electron chi connectivity index (χ1n) is 8.73. The topological polar surface area (TPSA) is 71.1 Å². The number of nitrogens with zero attached hydrogens (tertiary/aromatic N) is 1. The van der Waals surface area contributed by atoms with Crippen LogP contribution in [0.3, 0.4) is 0 Å². The van der Waals surface area contributed by atoms with E-state index in [1.165, 1.54) is 0 Å². The average Bonchev–Trinajstić information content (AvgIpc) is 2.70. The lowest BCUT2D eigenvalue weighted by molar-refractivity contribution is 0.0940. The molecular formula is C22H21N3O2. The Kier molecular flexibility index (Phi) is 5.61. The summed E-state index contributed by atoms with van der Waals surface area (Å²) in [7, 11) is 0. The molecule has 2 amide bonds. The van der Waals surface area contributed by atoms with E-state index in [1.807, 2.05) is 50.2 Å².